The third-order valence-corrected chi connectivity index (χ3v) is 6.10. The van der Waals surface area contributed by atoms with E-state index in [1.54, 1.807) is 0 Å². The number of hydrogen-bond donors (Lipinski definition) is 0. The van der Waals surface area contributed by atoms with Crippen LogP contribution in [-0.4, -0.2) is 23.9 Å². The molecule has 1 aliphatic heterocycles. The highest BCUT2D eigenvalue weighted by atomic mass is 79.9. The second kappa shape index (κ2) is 4.41. The molecule has 0 radical (unpaired) electrons. The summed E-state index contributed by atoms with van der Waals surface area (Å²) in [6, 6.07) is 0. The quantitative estimate of drug-likeness (QED) is 0.539. The summed E-state index contributed by atoms with van der Waals surface area (Å²) in [6.45, 7) is 0.873. The van der Waals surface area contributed by atoms with Crippen LogP contribution in [0, 0.1) is 5.41 Å². The van der Waals surface area contributed by atoms with E-state index in [4.69, 9.17) is 9.05 Å². The summed E-state index contributed by atoms with van der Waals surface area (Å²) >= 11 is 9.62. The van der Waals surface area contributed by atoms with Gasteiger partial charge in [0.2, 0.25) is 0 Å². The lowest BCUT2D eigenvalue weighted by atomic mass is 9.96. The monoisotopic (exact) mass is 384 g/mol. The molecule has 1 saturated heterocycles. The van der Waals surface area contributed by atoms with E-state index >= 15 is 0 Å². The zero-order chi connectivity index (χ0) is 9.24. The predicted octanol–water partition coefficient (Wildman–Crippen LogP) is 3.31. The summed E-state index contributed by atoms with van der Waals surface area (Å²) in [7, 11) is 0. The Hall–Kier alpha value is 1.59. The second-order valence-electron chi connectivity index (χ2n) is 2.74. The number of rotatable bonds is 2. The standard InChI is InChI=1S/C5H8Br3O3P/c6-1-5(2-7)3-10-12(8,9)11-4-5/h1-4H2. The molecule has 3 nitrogen and oxygen atoms in total. The largest absolute Gasteiger partial charge is 0.396 e. The van der Waals surface area contributed by atoms with Crippen LogP contribution in [0.4, 0.5) is 0 Å². The summed E-state index contributed by atoms with van der Waals surface area (Å²) < 4.78 is 21.3. The molecule has 0 spiro atoms. The Morgan fingerprint density at radius 1 is 1.25 bits per heavy atom. The van der Waals surface area contributed by atoms with E-state index in [0.29, 0.717) is 13.2 Å². The van der Waals surface area contributed by atoms with Crippen molar-refractivity contribution in [2.24, 2.45) is 5.41 Å². The van der Waals surface area contributed by atoms with Crippen molar-refractivity contribution in [1.29, 1.82) is 0 Å². The van der Waals surface area contributed by atoms with Gasteiger partial charge in [-0.05, 0) is 0 Å². The molecular weight excluding hydrogens is 379 g/mol. The zero-order valence-electron chi connectivity index (χ0n) is 6.13. The fraction of sp³-hybridized carbons (Fsp3) is 1.00. The minimum atomic E-state index is -2.92. The Balaban J connectivity index is 2.59. The third-order valence-electron chi connectivity index (χ3n) is 1.62. The van der Waals surface area contributed by atoms with Gasteiger partial charge in [0.1, 0.15) is 0 Å². The molecule has 0 amide bonds. The molecule has 12 heavy (non-hydrogen) atoms. The van der Waals surface area contributed by atoms with Gasteiger partial charge < -0.3 is 0 Å². The van der Waals surface area contributed by atoms with Crippen molar-refractivity contribution in [2.45, 2.75) is 0 Å². The highest BCUT2D eigenvalue weighted by Crippen LogP contribution is 2.60. The van der Waals surface area contributed by atoms with Gasteiger partial charge in [-0.2, -0.15) is 0 Å². The molecule has 1 rings (SSSR count). The lowest BCUT2D eigenvalue weighted by molar-refractivity contribution is 0.0588. The lowest BCUT2D eigenvalue weighted by Gasteiger charge is -2.34. The van der Waals surface area contributed by atoms with Gasteiger partial charge in [0.25, 0.3) is 0 Å². The van der Waals surface area contributed by atoms with Gasteiger partial charge in [-0.15, -0.1) is 0 Å². The van der Waals surface area contributed by atoms with E-state index in [1.807, 2.05) is 0 Å². The van der Waals surface area contributed by atoms with Crippen LogP contribution in [-0.2, 0) is 13.6 Å². The van der Waals surface area contributed by atoms with Crippen LogP contribution in [0.25, 0.3) is 0 Å². The third kappa shape index (κ3) is 2.79. The van der Waals surface area contributed by atoms with Crippen molar-refractivity contribution >= 4 is 53.6 Å². The zero-order valence-corrected chi connectivity index (χ0v) is 11.8. The van der Waals surface area contributed by atoms with E-state index in [2.05, 4.69) is 47.3 Å². The van der Waals surface area contributed by atoms with Crippen molar-refractivity contribution in [2.75, 3.05) is 23.9 Å². The van der Waals surface area contributed by atoms with Crippen LogP contribution in [0.15, 0.2) is 0 Å². The van der Waals surface area contributed by atoms with Gasteiger partial charge in [-0.25, -0.2) is 4.57 Å². The average Bonchev–Trinajstić information content (AvgIpc) is 2.06. The first-order valence-corrected chi connectivity index (χ1v) is 9.05. The fourth-order valence-corrected chi connectivity index (χ4v) is 3.82. The normalized spacial score (nSPS) is 26.9. The van der Waals surface area contributed by atoms with Gasteiger partial charge in [0, 0.05) is 31.6 Å². The van der Waals surface area contributed by atoms with Crippen molar-refractivity contribution in [3.05, 3.63) is 0 Å². The van der Waals surface area contributed by atoms with Crippen molar-refractivity contribution in [1.82, 2.24) is 0 Å². The first-order chi connectivity index (χ1) is 5.54. The molecule has 0 aromatic carbocycles. The van der Waals surface area contributed by atoms with E-state index in [1.165, 1.54) is 0 Å². The molecule has 7 heteroatoms. The SMILES string of the molecule is O=P1(Br)OCC(CBr)(CBr)CO1. The van der Waals surface area contributed by atoms with Crippen molar-refractivity contribution < 1.29 is 13.6 Å². The molecule has 0 saturated carbocycles. The highest BCUT2D eigenvalue weighted by Gasteiger charge is 2.39. The maximum absolute atomic E-state index is 11.2. The summed E-state index contributed by atoms with van der Waals surface area (Å²) in [5.41, 5.74) is -0.0956. The van der Waals surface area contributed by atoms with E-state index in [0.717, 1.165) is 10.7 Å². The molecule has 1 heterocycles. The molecule has 0 aromatic rings. The maximum Gasteiger partial charge on any atom is 0.396 e. The first kappa shape index (κ1) is 11.7. The van der Waals surface area contributed by atoms with Gasteiger partial charge >= 0.3 is 6.30 Å². The number of hydrogen-bond acceptors (Lipinski definition) is 3. The molecular formula is C5H8Br3O3P. The van der Waals surface area contributed by atoms with E-state index < -0.39 is 6.30 Å². The van der Waals surface area contributed by atoms with Gasteiger partial charge in [-0.1, -0.05) is 31.9 Å². The highest BCUT2D eigenvalue weighted by molar-refractivity contribution is 9.39. The van der Waals surface area contributed by atoms with Crippen LogP contribution in [0.3, 0.4) is 0 Å². The number of alkyl halides is 2. The van der Waals surface area contributed by atoms with E-state index in [9.17, 15) is 4.57 Å². The molecule has 0 aromatic heterocycles. The van der Waals surface area contributed by atoms with Crippen LogP contribution >= 0.6 is 53.6 Å². The topological polar surface area (TPSA) is 35.5 Å². The minimum Gasteiger partial charge on any atom is -0.300 e. The number of halogens is 3. The molecule has 1 aliphatic rings. The van der Waals surface area contributed by atoms with Crippen LogP contribution in [0.5, 0.6) is 0 Å². The van der Waals surface area contributed by atoms with Crippen molar-refractivity contribution in [3.8, 4) is 0 Å². The minimum absolute atomic E-state index is 0.0956. The molecule has 0 N–H and O–H groups in total. The predicted molar refractivity (Wildman–Crippen MR) is 58.5 cm³/mol. The Morgan fingerprint density at radius 3 is 2.00 bits per heavy atom. The van der Waals surface area contributed by atoms with Crippen LogP contribution < -0.4 is 0 Å². The molecule has 0 bridgehead atoms. The van der Waals surface area contributed by atoms with Crippen LogP contribution in [0.2, 0.25) is 0 Å². The Labute approximate surface area is 96.1 Å². The summed E-state index contributed by atoms with van der Waals surface area (Å²) in [5.74, 6) is 0. The van der Waals surface area contributed by atoms with Crippen LogP contribution in [0.1, 0.15) is 0 Å². The Bertz CT molecular complexity index is 192. The smallest absolute Gasteiger partial charge is 0.300 e. The van der Waals surface area contributed by atoms with Gasteiger partial charge in [0.15, 0.2) is 0 Å². The second-order valence-corrected chi connectivity index (χ2v) is 7.85. The molecule has 1 fully saturated rings. The molecule has 72 valence electrons. The average molecular weight is 387 g/mol. The molecule has 0 unspecified atom stereocenters. The van der Waals surface area contributed by atoms with Gasteiger partial charge in [0.05, 0.1) is 13.2 Å². The molecule has 0 atom stereocenters. The summed E-state index contributed by atoms with van der Waals surface area (Å²) in [4.78, 5) is 0. The maximum atomic E-state index is 11.2. The fourth-order valence-electron chi connectivity index (χ4n) is 0.697. The van der Waals surface area contributed by atoms with Gasteiger partial charge in [-0.3, -0.25) is 9.05 Å². The first-order valence-electron chi connectivity index (χ1n) is 3.24. The Kier molecular flexibility index (Phi) is 4.28. The Morgan fingerprint density at radius 2 is 1.67 bits per heavy atom. The molecule has 0 aliphatic carbocycles. The van der Waals surface area contributed by atoms with E-state index in [-0.39, 0.29) is 5.41 Å². The summed E-state index contributed by atoms with van der Waals surface area (Å²) in [5, 5.41) is 1.52. The summed E-state index contributed by atoms with van der Waals surface area (Å²) in [6.07, 6.45) is -2.92. The van der Waals surface area contributed by atoms with Crippen molar-refractivity contribution in [3.63, 3.8) is 0 Å². The lowest BCUT2D eigenvalue weighted by Crippen LogP contribution is -2.38.